The van der Waals surface area contributed by atoms with Crippen molar-refractivity contribution in [2.75, 3.05) is 13.2 Å². The Hall–Kier alpha value is -0.670. The number of allylic oxidation sites excluding steroid dienone is 2. The van der Waals surface area contributed by atoms with E-state index in [1.54, 1.807) is 0 Å². The summed E-state index contributed by atoms with van der Waals surface area (Å²) in [7, 11) is 0. The summed E-state index contributed by atoms with van der Waals surface area (Å²) < 4.78 is 11.2. The van der Waals surface area contributed by atoms with Gasteiger partial charge >= 0.3 is 0 Å². The van der Waals surface area contributed by atoms with Crippen LogP contribution in [0.15, 0.2) is 11.6 Å². The monoisotopic (exact) mass is 280 g/mol. The van der Waals surface area contributed by atoms with E-state index in [1.807, 2.05) is 0 Å². The molecule has 1 atom stereocenters. The largest absolute Gasteiger partial charge is 0.353 e. The van der Waals surface area contributed by atoms with Crippen LogP contribution in [0.25, 0.3) is 0 Å². The molecule has 3 nitrogen and oxygen atoms in total. The van der Waals surface area contributed by atoms with Gasteiger partial charge in [-0.25, -0.2) is 0 Å². The molecule has 1 aliphatic carbocycles. The van der Waals surface area contributed by atoms with Gasteiger partial charge < -0.3 is 9.47 Å². The minimum atomic E-state index is 0.0593. The normalized spacial score (nSPS) is 23.1. The molecule has 0 aromatic carbocycles. The van der Waals surface area contributed by atoms with Crippen molar-refractivity contribution in [3.05, 3.63) is 11.6 Å². The standard InChI is InChI=1S/C17H28O3/c18-16-11-8-10-15(16)9-4-2-1-3-6-13-19-17-12-5-7-14-20-17/h10,17H,1-9,11-14H2. The van der Waals surface area contributed by atoms with E-state index in [9.17, 15) is 4.79 Å². The van der Waals surface area contributed by atoms with Gasteiger partial charge in [-0.05, 0) is 50.5 Å². The Morgan fingerprint density at radius 1 is 1.15 bits per heavy atom. The molecule has 0 amide bonds. The van der Waals surface area contributed by atoms with Crippen LogP contribution < -0.4 is 0 Å². The molecule has 0 bridgehead atoms. The Kier molecular flexibility index (Phi) is 7.31. The molecule has 0 saturated carbocycles. The smallest absolute Gasteiger partial charge is 0.158 e. The first-order chi connectivity index (χ1) is 9.86. The Balaban J connectivity index is 1.37. The molecule has 1 aliphatic heterocycles. The lowest BCUT2D eigenvalue weighted by Crippen LogP contribution is -2.22. The molecule has 1 fully saturated rings. The second-order valence-electron chi connectivity index (χ2n) is 5.88. The Bertz CT molecular complexity index is 316. The van der Waals surface area contributed by atoms with Crippen molar-refractivity contribution in [3.8, 4) is 0 Å². The minimum absolute atomic E-state index is 0.0593. The van der Waals surface area contributed by atoms with Gasteiger partial charge in [0.2, 0.25) is 0 Å². The highest BCUT2D eigenvalue weighted by atomic mass is 16.7. The summed E-state index contributed by atoms with van der Waals surface area (Å²) in [5.74, 6) is 0.380. The van der Waals surface area contributed by atoms with Gasteiger partial charge in [-0.15, -0.1) is 0 Å². The van der Waals surface area contributed by atoms with Crippen LogP contribution in [0.3, 0.4) is 0 Å². The lowest BCUT2D eigenvalue weighted by Gasteiger charge is -2.22. The van der Waals surface area contributed by atoms with Crippen molar-refractivity contribution in [1.29, 1.82) is 0 Å². The fraction of sp³-hybridized carbons (Fsp3) is 0.824. The lowest BCUT2D eigenvalue weighted by atomic mass is 10.0. The number of ether oxygens (including phenoxy) is 2. The molecule has 0 spiro atoms. The number of carbonyl (C=O) groups is 1. The Morgan fingerprint density at radius 3 is 2.75 bits per heavy atom. The van der Waals surface area contributed by atoms with Crippen molar-refractivity contribution in [3.63, 3.8) is 0 Å². The summed E-state index contributed by atoms with van der Waals surface area (Å²) in [4.78, 5) is 11.4. The third kappa shape index (κ3) is 5.76. The number of carbonyl (C=O) groups excluding carboxylic acids is 1. The van der Waals surface area contributed by atoms with E-state index in [2.05, 4.69) is 6.08 Å². The van der Waals surface area contributed by atoms with Crippen LogP contribution in [0.5, 0.6) is 0 Å². The van der Waals surface area contributed by atoms with Gasteiger partial charge in [-0.2, -0.15) is 0 Å². The topological polar surface area (TPSA) is 35.5 Å². The summed E-state index contributed by atoms with van der Waals surface area (Å²) >= 11 is 0. The fourth-order valence-electron chi connectivity index (χ4n) is 2.90. The van der Waals surface area contributed by atoms with Gasteiger partial charge in [0, 0.05) is 19.6 Å². The zero-order valence-corrected chi connectivity index (χ0v) is 12.6. The van der Waals surface area contributed by atoms with E-state index >= 15 is 0 Å². The maximum Gasteiger partial charge on any atom is 0.158 e. The zero-order valence-electron chi connectivity index (χ0n) is 12.6. The first-order valence-electron chi connectivity index (χ1n) is 8.32. The van der Waals surface area contributed by atoms with Gasteiger partial charge in [-0.3, -0.25) is 4.79 Å². The van der Waals surface area contributed by atoms with Crippen molar-refractivity contribution >= 4 is 5.78 Å². The van der Waals surface area contributed by atoms with Crippen LogP contribution in [-0.4, -0.2) is 25.3 Å². The molecule has 1 unspecified atom stereocenters. The molecule has 2 aliphatic rings. The van der Waals surface area contributed by atoms with E-state index in [0.29, 0.717) is 5.78 Å². The van der Waals surface area contributed by atoms with Crippen LogP contribution in [0.1, 0.15) is 70.6 Å². The molecular formula is C17H28O3. The third-order valence-corrected chi connectivity index (χ3v) is 4.15. The molecule has 0 aromatic heterocycles. The number of unbranched alkanes of at least 4 members (excludes halogenated alkanes) is 4. The quantitative estimate of drug-likeness (QED) is 0.595. The number of ketones is 1. The van der Waals surface area contributed by atoms with E-state index in [-0.39, 0.29) is 6.29 Å². The highest BCUT2D eigenvalue weighted by molar-refractivity contribution is 5.97. The van der Waals surface area contributed by atoms with E-state index < -0.39 is 0 Å². The SMILES string of the molecule is O=C1CCC=C1CCCCCCCOC1CCCCO1. The highest BCUT2D eigenvalue weighted by Crippen LogP contribution is 2.20. The van der Waals surface area contributed by atoms with Gasteiger partial charge in [0.15, 0.2) is 12.1 Å². The summed E-state index contributed by atoms with van der Waals surface area (Å²) in [5, 5.41) is 0. The first kappa shape index (κ1) is 15.7. The summed E-state index contributed by atoms with van der Waals surface area (Å²) in [5.41, 5.74) is 1.09. The Morgan fingerprint density at radius 2 is 2.00 bits per heavy atom. The van der Waals surface area contributed by atoms with Crippen LogP contribution in [0.4, 0.5) is 0 Å². The van der Waals surface area contributed by atoms with Gasteiger partial charge in [0.25, 0.3) is 0 Å². The molecular weight excluding hydrogens is 252 g/mol. The molecule has 3 heteroatoms. The second-order valence-corrected chi connectivity index (χ2v) is 5.88. The lowest BCUT2D eigenvalue weighted by molar-refractivity contribution is -0.162. The van der Waals surface area contributed by atoms with Crippen molar-refractivity contribution in [2.45, 2.75) is 76.9 Å². The molecule has 0 aromatic rings. The number of hydrogen-bond acceptors (Lipinski definition) is 3. The Labute approximate surface area is 122 Å². The van der Waals surface area contributed by atoms with Gasteiger partial charge in [-0.1, -0.05) is 25.3 Å². The van der Waals surface area contributed by atoms with Crippen molar-refractivity contribution in [2.24, 2.45) is 0 Å². The molecule has 0 N–H and O–H groups in total. The average molecular weight is 280 g/mol. The van der Waals surface area contributed by atoms with Crippen molar-refractivity contribution < 1.29 is 14.3 Å². The van der Waals surface area contributed by atoms with Crippen LogP contribution >= 0.6 is 0 Å². The molecule has 1 saturated heterocycles. The van der Waals surface area contributed by atoms with E-state index in [4.69, 9.17) is 9.47 Å². The molecule has 20 heavy (non-hydrogen) atoms. The highest BCUT2D eigenvalue weighted by Gasteiger charge is 2.14. The van der Waals surface area contributed by atoms with E-state index in [1.165, 1.54) is 32.1 Å². The fourth-order valence-corrected chi connectivity index (χ4v) is 2.90. The summed E-state index contributed by atoms with van der Waals surface area (Å²) in [6.07, 6.45) is 14.3. The van der Waals surface area contributed by atoms with Gasteiger partial charge in [0.05, 0.1) is 0 Å². The van der Waals surface area contributed by atoms with Crippen LogP contribution in [-0.2, 0) is 14.3 Å². The molecule has 114 valence electrons. The number of hydrogen-bond donors (Lipinski definition) is 0. The van der Waals surface area contributed by atoms with Crippen molar-refractivity contribution in [1.82, 2.24) is 0 Å². The maximum atomic E-state index is 11.4. The summed E-state index contributed by atoms with van der Waals surface area (Å²) in [6.45, 7) is 1.69. The average Bonchev–Trinajstić information content (AvgIpc) is 2.88. The number of rotatable bonds is 9. The molecule has 1 heterocycles. The van der Waals surface area contributed by atoms with Crippen LogP contribution in [0.2, 0.25) is 0 Å². The van der Waals surface area contributed by atoms with E-state index in [0.717, 1.165) is 57.3 Å². The first-order valence-corrected chi connectivity index (χ1v) is 8.32. The minimum Gasteiger partial charge on any atom is -0.353 e. The predicted molar refractivity (Wildman–Crippen MR) is 79.6 cm³/mol. The summed E-state index contributed by atoms with van der Waals surface area (Å²) in [6, 6.07) is 0. The molecule has 2 rings (SSSR count). The zero-order chi connectivity index (χ0) is 14.0. The maximum absolute atomic E-state index is 11.4. The van der Waals surface area contributed by atoms with Gasteiger partial charge in [0.1, 0.15) is 0 Å². The second kappa shape index (κ2) is 9.30. The number of Topliss-reactive ketones (excluding diaryl/α,β-unsaturated/α-hetero) is 1. The van der Waals surface area contributed by atoms with Crippen LogP contribution in [0, 0.1) is 0 Å². The molecule has 0 radical (unpaired) electrons. The third-order valence-electron chi connectivity index (χ3n) is 4.15. The predicted octanol–water partition coefficient (Wildman–Crippen LogP) is 4.16.